The molecule has 0 amide bonds. The average molecular weight is 186 g/mol. The van der Waals surface area contributed by atoms with Crippen molar-refractivity contribution >= 4 is 11.4 Å². The lowest BCUT2D eigenvalue weighted by atomic mass is 9.97. The van der Waals surface area contributed by atoms with Gasteiger partial charge in [-0.25, -0.2) is 0 Å². The fraction of sp³-hybridized carbons (Fsp3) is 0.250. The molecule has 0 aliphatic carbocycles. The van der Waals surface area contributed by atoms with Crippen LogP contribution in [0.25, 0.3) is 5.57 Å². The first kappa shape index (κ1) is 9.00. The summed E-state index contributed by atoms with van der Waals surface area (Å²) < 4.78 is 0. The van der Waals surface area contributed by atoms with E-state index in [9.17, 15) is 0 Å². The van der Waals surface area contributed by atoms with E-state index in [1.807, 2.05) is 24.3 Å². The predicted octanol–water partition coefficient (Wildman–Crippen LogP) is 2.22. The second-order valence-corrected chi connectivity index (χ2v) is 3.64. The van der Waals surface area contributed by atoms with Crippen molar-refractivity contribution in [3.63, 3.8) is 0 Å². The lowest BCUT2D eigenvalue weighted by Gasteiger charge is -2.16. The van der Waals surface area contributed by atoms with Crippen LogP contribution in [0.15, 0.2) is 41.4 Å². The molecule has 0 saturated heterocycles. The van der Waals surface area contributed by atoms with E-state index in [0.717, 1.165) is 6.42 Å². The van der Waals surface area contributed by atoms with Crippen LogP contribution in [-0.2, 0) is 0 Å². The van der Waals surface area contributed by atoms with Gasteiger partial charge in [0.2, 0.25) is 0 Å². The largest absolute Gasteiger partial charge is 0.384 e. The van der Waals surface area contributed by atoms with Crippen molar-refractivity contribution in [3.05, 3.63) is 42.0 Å². The van der Waals surface area contributed by atoms with Gasteiger partial charge in [0.25, 0.3) is 0 Å². The molecule has 0 radical (unpaired) electrons. The van der Waals surface area contributed by atoms with Gasteiger partial charge in [-0.3, -0.25) is 4.99 Å². The number of hydrogen-bond acceptors (Lipinski definition) is 2. The maximum atomic E-state index is 5.73. The van der Waals surface area contributed by atoms with Crippen LogP contribution in [0.4, 0.5) is 0 Å². The van der Waals surface area contributed by atoms with Crippen LogP contribution in [-0.4, -0.2) is 11.9 Å². The zero-order valence-corrected chi connectivity index (χ0v) is 8.27. The van der Waals surface area contributed by atoms with E-state index in [2.05, 4.69) is 24.0 Å². The summed E-state index contributed by atoms with van der Waals surface area (Å²) in [5.74, 6) is 0.641. The molecule has 14 heavy (non-hydrogen) atoms. The number of nitrogens with two attached hydrogens (primary N) is 1. The van der Waals surface area contributed by atoms with Crippen LogP contribution >= 0.6 is 0 Å². The van der Waals surface area contributed by atoms with E-state index in [0.29, 0.717) is 11.9 Å². The monoisotopic (exact) mass is 186 g/mol. The second kappa shape index (κ2) is 3.66. The standard InChI is InChI=1S/C12H14N2/c1-9-7-11(8-12(13)14-9)10-5-3-2-4-6-10/h2-6,8-9H,7H2,1H3,(H2,13,14). The Morgan fingerprint density at radius 1 is 1.29 bits per heavy atom. The molecule has 0 aromatic heterocycles. The molecule has 2 rings (SSSR count). The third kappa shape index (κ3) is 1.84. The van der Waals surface area contributed by atoms with E-state index in [1.54, 1.807) is 0 Å². The van der Waals surface area contributed by atoms with E-state index in [-0.39, 0.29) is 0 Å². The van der Waals surface area contributed by atoms with Gasteiger partial charge in [0.05, 0.1) is 6.04 Å². The molecular formula is C12H14N2. The Morgan fingerprint density at radius 2 is 2.00 bits per heavy atom. The average Bonchev–Trinajstić information content (AvgIpc) is 2.18. The maximum Gasteiger partial charge on any atom is 0.118 e. The highest BCUT2D eigenvalue weighted by Gasteiger charge is 2.11. The summed E-state index contributed by atoms with van der Waals surface area (Å²) in [5.41, 5.74) is 8.26. The molecule has 0 saturated carbocycles. The molecule has 1 aromatic carbocycles. The van der Waals surface area contributed by atoms with Gasteiger partial charge >= 0.3 is 0 Å². The van der Waals surface area contributed by atoms with E-state index >= 15 is 0 Å². The minimum atomic E-state index is 0.301. The number of rotatable bonds is 1. The second-order valence-electron chi connectivity index (χ2n) is 3.64. The summed E-state index contributed by atoms with van der Waals surface area (Å²) in [7, 11) is 0. The first-order chi connectivity index (χ1) is 6.75. The first-order valence-corrected chi connectivity index (χ1v) is 4.85. The van der Waals surface area contributed by atoms with E-state index in [4.69, 9.17) is 5.73 Å². The third-order valence-corrected chi connectivity index (χ3v) is 2.35. The topological polar surface area (TPSA) is 38.4 Å². The molecule has 1 atom stereocenters. The van der Waals surface area contributed by atoms with Crippen molar-refractivity contribution in [2.75, 3.05) is 0 Å². The van der Waals surface area contributed by atoms with Gasteiger partial charge in [0.1, 0.15) is 5.84 Å². The van der Waals surface area contributed by atoms with Crippen LogP contribution in [0.1, 0.15) is 18.9 Å². The van der Waals surface area contributed by atoms with Gasteiger partial charge in [0, 0.05) is 0 Å². The zero-order chi connectivity index (χ0) is 9.97. The summed E-state index contributed by atoms with van der Waals surface area (Å²) in [6, 6.07) is 10.6. The van der Waals surface area contributed by atoms with Crippen molar-refractivity contribution in [2.45, 2.75) is 19.4 Å². The molecule has 2 nitrogen and oxygen atoms in total. The molecule has 1 aromatic rings. The Morgan fingerprint density at radius 3 is 2.64 bits per heavy atom. The summed E-state index contributed by atoms with van der Waals surface area (Å²) in [6.45, 7) is 2.09. The maximum absolute atomic E-state index is 5.73. The Labute approximate surface area is 84.2 Å². The Balaban J connectivity index is 2.33. The molecule has 0 fully saturated rings. The quantitative estimate of drug-likeness (QED) is 0.717. The number of aliphatic imine (C=N–C) groups is 1. The van der Waals surface area contributed by atoms with Crippen LogP contribution in [0, 0.1) is 0 Å². The van der Waals surface area contributed by atoms with Crippen molar-refractivity contribution in [3.8, 4) is 0 Å². The Kier molecular flexibility index (Phi) is 2.35. The molecular weight excluding hydrogens is 172 g/mol. The van der Waals surface area contributed by atoms with Crippen molar-refractivity contribution in [1.82, 2.24) is 0 Å². The van der Waals surface area contributed by atoms with Gasteiger partial charge < -0.3 is 5.73 Å². The molecule has 1 aliphatic rings. The van der Waals surface area contributed by atoms with Crippen molar-refractivity contribution in [1.29, 1.82) is 0 Å². The molecule has 2 N–H and O–H groups in total. The van der Waals surface area contributed by atoms with Gasteiger partial charge in [-0.2, -0.15) is 0 Å². The normalized spacial score (nSPS) is 21.4. The molecule has 1 aliphatic heterocycles. The molecule has 0 spiro atoms. The number of benzene rings is 1. The van der Waals surface area contributed by atoms with Gasteiger partial charge in [-0.1, -0.05) is 30.3 Å². The predicted molar refractivity (Wildman–Crippen MR) is 60.1 cm³/mol. The van der Waals surface area contributed by atoms with Crippen LogP contribution < -0.4 is 5.73 Å². The van der Waals surface area contributed by atoms with Gasteiger partial charge in [-0.15, -0.1) is 0 Å². The zero-order valence-electron chi connectivity index (χ0n) is 8.27. The fourth-order valence-electron chi connectivity index (χ4n) is 1.75. The number of dihydropyridines is 1. The minimum absolute atomic E-state index is 0.301. The minimum Gasteiger partial charge on any atom is -0.384 e. The smallest absolute Gasteiger partial charge is 0.118 e. The summed E-state index contributed by atoms with van der Waals surface area (Å²) in [5, 5.41) is 0. The van der Waals surface area contributed by atoms with Gasteiger partial charge in [-0.05, 0) is 30.6 Å². The van der Waals surface area contributed by atoms with Crippen LogP contribution in [0.5, 0.6) is 0 Å². The summed E-state index contributed by atoms with van der Waals surface area (Å²) >= 11 is 0. The summed E-state index contributed by atoms with van der Waals surface area (Å²) in [6.07, 6.45) is 2.94. The van der Waals surface area contributed by atoms with Crippen molar-refractivity contribution < 1.29 is 0 Å². The molecule has 72 valence electrons. The first-order valence-electron chi connectivity index (χ1n) is 4.85. The third-order valence-electron chi connectivity index (χ3n) is 2.35. The van der Waals surface area contributed by atoms with Crippen LogP contribution in [0.2, 0.25) is 0 Å². The summed E-state index contributed by atoms with van der Waals surface area (Å²) in [4.78, 5) is 4.28. The number of hydrogen-bond donors (Lipinski definition) is 1. The highest BCUT2D eigenvalue weighted by Crippen LogP contribution is 2.23. The van der Waals surface area contributed by atoms with E-state index in [1.165, 1.54) is 11.1 Å². The lowest BCUT2D eigenvalue weighted by molar-refractivity contribution is 0.761. The van der Waals surface area contributed by atoms with E-state index < -0.39 is 0 Å². The highest BCUT2D eigenvalue weighted by atomic mass is 14.9. The highest BCUT2D eigenvalue weighted by molar-refractivity contribution is 5.99. The Hall–Kier alpha value is -1.57. The fourth-order valence-corrected chi connectivity index (χ4v) is 1.75. The Bertz CT molecular complexity index is 377. The number of nitrogens with zero attached hydrogens (tertiary/aromatic N) is 1. The lowest BCUT2D eigenvalue weighted by Crippen LogP contribution is -2.18. The number of amidine groups is 1. The molecule has 1 unspecified atom stereocenters. The molecule has 1 heterocycles. The molecule has 2 heteroatoms. The van der Waals surface area contributed by atoms with Crippen LogP contribution in [0.3, 0.4) is 0 Å². The van der Waals surface area contributed by atoms with Crippen molar-refractivity contribution in [2.24, 2.45) is 10.7 Å². The van der Waals surface area contributed by atoms with Gasteiger partial charge in [0.15, 0.2) is 0 Å². The molecule has 0 bridgehead atoms. The SMILES string of the molecule is CC1CC(c2ccccc2)=CC(N)=N1.